The van der Waals surface area contributed by atoms with Gasteiger partial charge in [-0.05, 0) is 11.6 Å². The molecule has 0 aliphatic carbocycles. The highest BCUT2D eigenvalue weighted by Crippen LogP contribution is 2.25. The third-order valence-corrected chi connectivity index (χ3v) is 3.03. The first kappa shape index (κ1) is 12.3. The molecule has 0 amide bonds. The second-order valence-electron chi connectivity index (χ2n) is 3.66. The maximum Gasteiger partial charge on any atom is 0.146 e. The molecule has 2 rings (SSSR count). The van der Waals surface area contributed by atoms with Crippen molar-refractivity contribution in [3.8, 4) is 0 Å². The summed E-state index contributed by atoms with van der Waals surface area (Å²) in [6.07, 6.45) is 1.77. The second kappa shape index (κ2) is 5.48. The third kappa shape index (κ3) is 3.18. The van der Waals surface area contributed by atoms with Crippen molar-refractivity contribution in [2.24, 2.45) is 0 Å². The monoisotopic (exact) mass is 269 g/mol. The Bertz CT molecular complexity index is 502. The zero-order valence-electron chi connectivity index (χ0n) is 8.91. The van der Waals surface area contributed by atoms with Crippen molar-refractivity contribution < 1.29 is 4.39 Å². The van der Waals surface area contributed by atoms with Crippen LogP contribution >= 0.6 is 23.2 Å². The summed E-state index contributed by atoms with van der Waals surface area (Å²) >= 11 is 11.8. The Labute approximate surface area is 109 Å². The Hall–Kier alpha value is -1.12. The average Bonchev–Trinajstić information content (AvgIpc) is 2.34. The van der Waals surface area contributed by atoms with Gasteiger partial charge in [-0.15, -0.1) is 11.6 Å². The van der Waals surface area contributed by atoms with Gasteiger partial charge in [0.05, 0.1) is 16.1 Å². The van der Waals surface area contributed by atoms with E-state index in [9.17, 15) is 4.39 Å². The number of hydrogen-bond donors (Lipinski definition) is 0. The van der Waals surface area contributed by atoms with Crippen molar-refractivity contribution in [3.05, 3.63) is 64.7 Å². The van der Waals surface area contributed by atoms with Gasteiger partial charge in [0, 0.05) is 12.6 Å². The van der Waals surface area contributed by atoms with E-state index in [2.05, 4.69) is 4.98 Å². The quantitative estimate of drug-likeness (QED) is 0.753. The van der Waals surface area contributed by atoms with E-state index in [1.165, 1.54) is 12.3 Å². The predicted octanol–water partition coefficient (Wildman–Crippen LogP) is 4.40. The van der Waals surface area contributed by atoms with Crippen molar-refractivity contribution in [2.75, 3.05) is 0 Å². The molecule has 1 aromatic carbocycles. The van der Waals surface area contributed by atoms with Crippen molar-refractivity contribution >= 4 is 23.2 Å². The first-order valence-corrected chi connectivity index (χ1v) is 5.97. The Morgan fingerprint density at radius 3 is 2.59 bits per heavy atom. The lowest BCUT2D eigenvalue weighted by Gasteiger charge is -2.09. The van der Waals surface area contributed by atoms with Crippen LogP contribution in [0.1, 0.15) is 16.6 Å². The van der Waals surface area contributed by atoms with E-state index >= 15 is 0 Å². The van der Waals surface area contributed by atoms with Crippen molar-refractivity contribution in [1.82, 2.24) is 4.98 Å². The highest BCUT2D eigenvalue weighted by Gasteiger charge is 2.13. The van der Waals surface area contributed by atoms with Crippen molar-refractivity contribution in [1.29, 1.82) is 0 Å². The smallest absolute Gasteiger partial charge is 0.146 e. The van der Waals surface area contributed by atoms with E-state index in [-0.39, 0.29) is 10.4 Å². The maximum absolute atomic E-state index is 13.5. The van der Waals surface area contributed by atoms with Gasteiger partial charge in [-0.1, -0.05) is 41.9 Å². The standard InChI is InChI=1S/C13H10Cl2FN/c14-10-6-12(16)13(17-8-10)7-11(15)9-4-2-1-3-5-9/h1-6,8,11H,7H2. The fraction of sp³-hybridized carbons (Fsp3) is 0.154. The summed E-state index contributed by atoms with van der Waals surface area (Å²) in [6.45, 7) is 0. The molecule has 0 saturated heterocycles. The number of rotatable bonds is 3. The van der Waals surface area contributed by atoms with E-state index in [0.717, 1.165) is 5.56 Å². The zero-order valence-corrected chi connectivity index (χ0v) is 10.4. The van der Waals surface area contributed by atoms with Gasteiger partial charge in [-0.2, -0.15) is 0 Å². The molecule has 4 heteroatoms. The first-order valence-electron chi connectivity index (χ1n) is 5.16. The number of halogens is 3. The van der Waals surface area contributed by atoms with Crippen LogP contribution < -0.4 is 0 Å². The van der Waals surface area contributed by atoms with Crippen LogP contribution in [0.5, 0.6) is 0 Å². The summed E-state index contributed by atoms with van der Waals surface area (Å²) in [5.41, 5.74) is 1.28. The lowest BCUT2D eigenvalue weighted by molar-refractivity contribution is 0.596. The minimum absolute atomic E-state index is 0.289. The molecule has 0 saturated carbocycles. The molecule has 17 heavy (non-hydrogen) atoms. The molecule has 1 aromatic heterocycles. The van der Waals surface area contributed by atoms with E-state index in [1.807, 2.05) is 30.3 Å². The van der Waals surface area contributed by atoms with Gasteiger partial charge in [0.2, 0.25) is 0 Å². The molecule has 0 spiro atoms. The van der Waals surface area contributed by atoms with E-state index in [1.54, 1.807) is 0 Å². The number of pyridine rings is 1. The van der Waals surface area contributed by atoms with E-state index < -0.39 is 5.82 Å². The second-order valence-corrected chi connectivity index (χ2v) is 4.63. The summed E-state index contributed by atoms with van der Waals surface area (Å²) < 4.78 is 13.5. The topological polar surface area (TPSA) is 12.9 Å². The van der Waals surface area contributed by atoms with Crippen LogP contribution in [0.4, 0.5) is 4.39 Å². The van der Waals surface area contributed by atoms with Gasteiger partial charge >= 0.3 is 0 Å². The van der Waals surface area contributed by atoms with Gasteiger partial charge in [0.1, 0.15) is 5.82 Å². The normalized spacial score (nSPS) is 12.4. The number of benzene rings is 1. The molecule has 88 valence electrons. The number of nitrogens with zero attached hydrogens (tertiary/aromatic N) is 1. The molecule has 0 aliphatic heterocycles. The summed E-state index contributed by atoms with van der Waals surface area (Å²) in [5.74, 6) is -0.418. The summed E-state index contributed by atoms with van der Waals surface area (Å²) in [4.78, 5) is 3.95. The Balaban J connectivity index is 2.16. The van der Waals surface area contributed by atoms with Gasteiger partial charge < -0.3 is 0 Å². The molecule has 1 unspecified atom stereocenters. The van der Waals surface area contributed by atoms with Crippen LogP contribution in [0.15, 0.2) is 42.6 Å². The average molecular weight is 270 g/mol. The minimum atomic E-state index is -0.418. The van der Waals surface area contributed by atoms with Crippen LogP contribution in [0.3, 0.4) is 0 Å². The molecule has 0 fully saturated rings. The molecular weight excluding hydrogens is 260 g/mol. The largest absolute Gasteiger partial charge is 0.257 e. The highest BCUT2D eigenvalue weighted by molar-refractivity contribution is 6.30. The van der Waals surface area contributed by atoms with E-state index in [4.69, 9.17) is 23.2 Å². The van der Waals surface area contributed by atoms with Gasteiger partial charge in [-0.3, -0.25) is 4.98 Å². The van der Waals surface area contributed by atoms with Crippen molar-refractivity contribution in [2.45, 2.75) is 11.8 Å². The van der Waals surface area contributed by atoms with Crippen LogP contribution in [-0.2, 0) is 6.42 Å². The number of aromatic nitrogens is 1. The van der Waals surface area contributed by atoms with Crippen molar-refractivity contribution in [3.63, 3.8) is 0 Å². The minimum Gasteiger partial charge on any atom is -0.257 e. The van der Waals surface area contributed by atoms with Crippen LogP contribution in [0, 0.1) is 5.82 Å². The first-order chi connectivity index (χ1) is 8.16. The lowest BCUT2D eigenvalue weighted by Crippen LogP contribution is -2.01. The maximum atomic E-state index is 13.5. The molecule has 0 N–H and O–H groups in total. The summed E-state index contributed by atoms with van der Waals surface area (Å²) in [5, 5.41) is -0.00328. The molecule has 2 aromatic rings. The molecule has 1 heterocycles. The Kier molecular flexibility index (Phi) is 3.97. The lowest BCUT2D eigenvalue weighted by atomic mass is 10.1. The Morgan fingerprint density at radius 1 is 1.24 bits per heavy atom. The fourth-order valence-electron chi connectivity index (χ4n) is 1.54. The predicted molar refractivity (Wildman–Crippen MR) is 67.9 cm³/mol. The number of alkyl halides is 1. The number of hydrogen-bond acceptors (Lipinski definition) is 1. The zero-order chi connectivity index (χ0) is 12.3. The summed E-state index contributed by atoms with van der Waals surface area (Å²) in [7, 11) is 0. The molecule has 1 atom stereocenters. The highest BCUT2D eigenvalue weighted by atomic mass is 35.5. The fourth-order valence-corrected chi connectivity index (χ4v) is 1.98. The van der Waals surface area contributed by atoms with Gasteiger partial charge in [0.15, 0.2) is 0 Å². The molecule has 0 radical (unpaired) electrons. The molecular formula is C13H10Cl2FN. The van der Waals surface area contributed by atoms with Crippen LogP contribution in [0.2, 0.25) is 5.02 Å². The molecule has 1 nitrogen and oxygen atoms in total. The van der Waals surface area contributed by atoms with Gasteiger partial charge in [0.25, 0.3) is 0 Å². The third-order valence-electron chi connectivity index (χ3n) is 2.42. The molecule has 0 aliphatic rings. The van der Waals surface area contributed by atoms with Crippen LogP contribution in [0.25, 0.3) is 0 Å². The SMILES string of the molecule is Fc1cc(Cl)cnc1CC(Cl)c1ccccc1. The van der Waals surface area contributed by atoms with Gasteiger partial charge in [-0.25, -0.2) is 4.39 Å². The summed E-state index contributed by atoms with van der Waals surface area (Å²) in [6, 6.07) is 10.8. The Morgan fingerprint density at radius 2 is 1.94 bits per heavy atom. The molecule has 0 bridgehead atoms. The van der Waals surface area contributed by atoms with E-state index in [0.29, 0.717) is 12.1 Å². The van der Waals surface area contributed by atoms with Crippen LogP contribution in [-0.4, -0.2) is 4.98 Å².